The van der Waals surface area contributed by atoms with Gasteiger partial charge in [-0.15, -0.1) is 11.8 Å². The Balaban J connectivity index is 1.89. The van der Waals surface area contributed by atoms with Gasteiger partial charge in [0.05, 0.1) is 11.6 Å². The quantitative estimate of drug-likeness (QED) is 0.727. The van der Waals surface area contributed by atoms with Crippen molar-refractivity contribution < 1.29 is 19.5 Å². The maximum atomic E-state index is 12.0. The molecule has 18 heavy (non-hydrogen) atoms. The lowest BCUT2D eigenvalue weighted by molar-refractivity contribution is -0.146. The minimum atomic E-state index is -1.01. The maximum Gasteiger partial charge on any atom is 0.323 e. The van der Waals surface area contributed by atoms with Gasteiger partial charge >= 0.3 is 5.97 Å². The molecule has 2 rings (SSSR count). The highest BCUT2D eigenvalue weighted by Gasteiger charge is 2.30. The molecule has 2 aliphatic rings. The number of carboxylic acid groups (broad SMARTS) is 1. The number of hydrogen-bond donors (Lipinski definition) is 1. The fourth-order valence-electron chi connectivity index (χ4n) is 1.83. The molecular formula is C11H16N2O4S. The van der Waals surface area contributed by atoms with Crippen LogP contribution >= 0.6 is 11.8 Å². The summed E-state index contributed by atoms with van der Waals surface area (Å²) in [5.41, 5.74) is 0. The van der Waals surface area contributed by atoms with Crippen molar-refractivity contribution in [2.24, 2.45) is 5.92 Å². The van der Waals surface area contributed by atoms with Gasteiger partial charge in [-0.25, -0.2) is 0 Å². The smallest absolute Gasteiger partial charge is 0.323 e. The standard InChI is InChI=1S/C11H16N2O4S/c14-9(4-13-7-18-6-10(13)15)12(5-11(16)17)3-8-1-2-8/h8H,1-7H2,(H,16,17). The third kappa shape index (κ3) is 3.63. The Hall–Kier alpha value is -1.24. The van der Waals surface area contributed by atoms with Crippen molar-refractivity contribution >= 4 is 29.5 Å². The number of carbonyl (C=O) groups is 3. The molecule has 100 valence electrons. The number of carboxylic acids is 1. The van der Waals surface area contributed by atoms with Crippen LogP contribution in [0.2, 0.25) is 0 Å². The average Bonchev–Trinajstić information content (AvgIpc) is 3.02. The summed E-state index contributed by atoms with van der Waals surface area (Å²) in [5.74, 6) is 0.0577. The molecule has 1 aliphatic heterocycles. The molecule has 7 heteroatoms. The van der Waals surface area contributed by atoms with Crippen LogP contribution in [0.15, 0.2) is 0 Å². The van der Waals surface area contributed by atoms with Crippen LogP contribution in [0.5, 0.6) is 0 Å². The SMILES string of the molecule is O=C(O)CN(CC1CC1)C(=O)CN1CSCC1=O. The van der Waals surface area contributed by atoms with Gasteiger partial charge in [-0.05, 0) is 18.8 Å². The van der Waals surface area contributed by atoms with Crippen LogP contribution in [0, 0.1) is 5.92 Å². The zero-order chi connectivity index (χ0) is 13.1. The second kappa shape index (κ2) is 5.60. The topological polar surface area (TPSA) is 77.9 Å². The molecule has 0 atom stereocenters. The highest BCUT2D eigenvalue weighted by Crippen LogP contribution is 2.29. The van der Waals surface area contributed by atoms with E-state index in [-0.39, 0.29) is 24.9 Å². The third-order valence-corrected chi connectivity index (χ3v) is 3.95. The van der Waals surface area contributed by atoms with Gasteiger partial charge in [0.25, 0.3) is 0 Å². The van der Waals surface area contributed by atoms with Gasteiger partial charge in [0, 0.05) is 6.54 Å². The normalized spacial score (nSPS) is 19.1. The minimum Gasteiger partial charge on any atom is -0.480 e. The molecule has 0 aromatic heterocycles. The second-order valence-electron chi connectivity index (χ2n) is 4.68. The largest absolute Gasteiger partial charge is 0.480 e. The Morgan fingerprint density at radius 2 is 2.17 bits per heavy atom. The number of amides is 2. The Labute approximate surface area is 109 Å². The highest BCUT2D eigenvalue weighted by atomic mass is 32.2. The number of carbonyl (C=O) groups excluding carboxylic acids is 2. The first-order valence-corrected chi connectivity index (χ1v) is 7.07. The lowest BCUT2D eigenvalue weighted by atomic mass is 10.3. The molecule has 0 unspecified atom stereocenters. The molecule has 0 aromatic rings. The molecule has 0 spiro atoms. The van der Waals surface area contributed by atoms with Gasteiger partial charge in [-0.2, -0.15) is 0 Å². The lowest BCUT2D eigenvalue weighted by Crippen LogP contribution is -2.44. The van der Waals surface area contributed by atoms with E-state index < -0.39 is 5.97 Å². The van der Waals surface area contributed by atoms with E-state index in [1.807, 2.05) is 0 Å². The van der Waals surface area contributed by atoms with Crippen LogP contribution in [0.4, 0.5) is 0 Å². The number of aliphatic carboxylic acids is 1. The van der Waals surface area contributed by atoms with Gasteiger partial charge in [0.15, 0.2) is 0 Å². The summed E-state index contributed by atoms with van der Waals surface area (Å²) in [4.78, 5) is 37.0. The Kier molecular flexibility index (Phi) is 4.11. The summed E-state index contributed by atoms with van der Waals surface area (Å²) in [7, 11) is 0. The van der Waals surface area contributed by atoms with Crippen molar-refractivity contribution in [1.82, 2.24) is 9.80 Å². The van der Waals surface area contributed by atoms with E-state index in [1.54, 1.807) is 0 Å². The Morgan fingerprint density at radius 1 is 1.44 bits per heavy atom. The molecule has 1 saturated carbocycles. The van der Waals surface area contributed by atoms with Gasteiger partial charge < -0.3 is 14.9 Å². The minimum absolute atomic E-state index is 0.00579. The van der Waals surface area contributed by atoms with E-state index in [0.717, 1.165) is 12.8 Å². The zero-order valence-corrected chi connectivity index (χ0v) is 10.8. The van der Waals surface area contributed by atoms with Crippen LogP contribution in [0.25, 0.3) is 0 Å². The highest BCUT2D eigenvalue weighted by molar-refractivity contribution is 8.00. The van der Waals surface area contributed by atoms with Crippen LogP contribution in [0.1, 0.15) is 12.8 Å². The molecule has 2 amide bonds. The van der Waals surface area contributed by atoms with Crippen LogP contribution < -0.4 is 0 Å². The van der Waals surface area contributed by atoms with Crippen molar-refractivity contribution in [3.05, 3.63) is 0 Å². The molecule has 2 fully saturated rings. The molecule has 0 bridgehead atoms. The molecule has 1 N–H and O–H groups in total. The molecule has 0 radical (unpaired) electrons. The predicted octanol–water partition coefficient (Wildman–Crippen LogP) is -0.157. The summed E-state index contributed by atoms with van der Waals surface area (Å²) >= 11 is 1.47. The second-order valence-corrected chi connectivity index (χ2v) is 5.64. The van der Waals surface area contributed by atoms with E-state index in [9.17, 15) is 14.4 Å². The van der Waals surface area contributed by atoms with E-state index in [1.165, 1.54) is 21.6 Å². The fourth-order valence-corrected chi connectivity index (χ4v) is 2.74. The average molecular weight is 272 g/mol. The zero-order valence-electron chi connectivity index (χ0n) is 10.0. The number of hydrogen-bond acceptors (Lipinski definition) is 4. The fraction of sp³-hybridized carbons (Fsp3) is 0.727. The molecular weight excluding hydrogens is 256 g/mol. The van der Waals surface area contributed by atoms with E-state index >= 15 is 0 Å². The van der Waals surface area contributed by atoms with E-state index in [4.69, 9.17) is 5.11 Å². The summed E-state index contributed by atoms with van der Waals surface area (Å²) in [6, 6.07) is 0. The van der Waals surface area contributed by atoms with Crippen LogP contribution in [-0.4, -0.2) is 64.0 Å². The van der Waals surface area contributed by atoms with Crippen LogP contribution in [0.3, 0.4) is 0 Å². The van der Waals surface area contributed by atoms with Gasteiger partial charge in [-0.1, -0.05) is 0 Å². The first-order valence-electron chi connectivity index (χ1n) is 5.91. The molecule has 1 heterocycles. The van der Waals surface area contributed by atoms with Gasteiger partial charge in [0.2, 0.25) is 11.8 Å². The summed E-state index contributed by atoms with van der Waals surface area (Å²) < 4.78 is 0. The van der Waals surface area contributed by atoms with Crippen molar-refractivity contribution in [2.75, 3.05) is 31.3 Å². The first kappa shape index (κ1) is 13.2. The summed E-state index contributed by atoms with van der Waals surface area (Å²) in [5, 5.41) is 8.80. The monoisotopic (exact) mass is 272 g/mol. The Bertz CT molecular complexity index is 370. The molecule has 1 aliphatic carbocycles. The van der Waals surface area contributed by atoms with E-state index in [0.29, 0.717) is 24.1 Å². The summed E-state index contributed by atoms with van der Waals surface area (Å²) in [6.45, 7) is 0.233. The van der Waals surface area contributed by atoms with Crippen LogP contribution in [-0.2, 0) is 14.4 Å². The van der Waals surface area contributed by atoms with E-state index in [2.05, 4.69) is 0 Å². The van der Waals surface area contributed by atoms with Crippen molar-refractivity contribution in [3.8, 4) is 0 Å². The predicted molar refractivity (Wildman–Crippen MR) is 66.0 cm³/mol. The number of rotatable bonds is 6. The lowest BCUT2D eigenvalue weighted by Gasteiger charge is -2.23. The molecule has 1 saturated heterocycles. The van der Waals surface area contributed by atoms with Gasteiger partial charge in [0.1, 0.15) is 13.1 Å². The third-order valence-electron chi connectivity index (χ3n) is 3.01. The maximum absolute atomic E-state index is 12.0. The van der Waals surface area contributed by atoms with Gasteiger partial charge in [-0.3, -0.25) is 14.4 Å². The first-order chi connectivity index (χ1) is 8.56. The Morgan fingerprint density at radius 3 is 2.67 bits per heavy atom. The molecule has 6 nitrogen and oxygen atoms in total. The molecule has 0 aromatic carbocycles. The van der Waals surface area contributed by atoms with Crippen molar-refractivity contribution in [1.29, 1.82) is 0 Å². The number of nitrogens with zero attached hydrogens (tertiary/aromatic N) is 2. The van der Waals surface area contributed by atoms with Crippen molar-refractivity contribution in [3.63, 3.8) is 0 Å². The summed E-state index contributed by atoms with van der Waals surface area (Å²) in [6.07, 6.45) is 2.11. The number of thioether (sulfide) groups is 1. The van der Waals surface area contributed by atoms with Crippen molar-refractivity contribution in [2.45, 2.75) is 12.8 Å².